The zero-order chi connectivity index (χ0) is 23.4. The van der Waals surface area contributed by atoms with Gasteiger partial charge in [-0.05, 0) is 61.3 Å². The van der Waals surface area contributed by atoms with E-state index in [0.29, 0.717) is 37.9 Å². The maximum absolute atomic E-state index is 13.4. The summed E-state index contributed by atoms with van der Waals surface area (Å²) in [5.41, 5.74) is 0.484. The van der Waals surface area contributed by atoms with E-state index in [2.05, 4.69) is 10.6 Å². The number of rotatable bonds is 7. The lowest BCUT2D eigenvalue weighted by Gasteiger charge is -2.40. The summed E-state index contributed by atoms with van der Waals surface area (Å²) >= 11 is 0. The van der Waals surface area contributed by atoms with Gasteiger partial charge in [-0.2, -0.15) is 0 Å². The average Bonchev–Trinajstić information content (AvgIpc) is 3.07. The molecule has 0 unspecified atom stereocenters. The number of urea groups is 1. The number of likely N-dealkylation sites (tertiary alicyclic amines) is 1. The Hall–Kier alpha value is -3.29. The average molecular weight is 456 g/mol. The highest BCUT2D eigenvalue weighted by Crippen LogP contribution is 2.35. The van der Waals surface area contributed by atoms with E-state index in [-0.39, 0.29) is 24.2 Å². The molecule has 0 spiro atoms. The first kappa shape index (κ1) is 22.9. The first-order chi connectivity index (χ1) is 15.9. The van der Waals surface area contributed by atoms with E-state index in [1.54, 1.807) is 4.90 Å². The van der Waals surface area contributed by atoms with E-state index in [1.165, 1.54) is 5.56 Å². The molecule has 4 rings (SSSR count). The lowest BCUT2D eigenvalue weighted by molar-refractivity contribution is -0.133. The van der Waals surface area contributed by atoms with Crippen LogP contribution in [0.4, 0.5) is 13.6 Å². The second kappa shape index (κ2) is 9.68. The summed E-state index contributed by atoms with van der Waals surface area (Å²) in [5.74, 6) is -2.04. The molecule has 2 aromatic carbocycles. The van der Waals surface area contributed by atoms with Gasteiger partial charge in [-0.25, -0.2) is 13.6 Å². The maximum atomic E-state index is 13.4. The molecule has 0 aromatic heterocycles. The summed E-state index contributed by atoms with van der Waals surface area (Å²) in [5, 5.41) is 5.27. The molecule has 2 saturated heterocycles. The van der Waals surface area contributed by atoms with Gasteiger partial charge in [0.05, 0.1) is 6.42 Å². The van der Waals surface area contributed by atoms with E-state index in [1.807, 2.05) is 30.3 Å². The third-order valence-electron chi connectivity index (χ3n) is 6.67. The largest absolute Gasteiger partial charge is 0.342 e. The van der Waals surface area contributed by atoms with Gasteiger partial charge < -0.3 is 10.2 Å². The van der Waals surface area contributed by atoms with Crippen molar-refractivity contribution < 1.29 is 23.2 Å². The number of nitrogens with zero attached hydrogens (tertiary/aromatic N) is 1. The van der Waals surface area contributed by atoms with Gasteiger partial charge in [0.25, 0.3) is 5.91 Å². The molecule has 8 heteroatoms. The minimum Gasteiger partial charge on any atom is -0.342 e. The van der Waals surface area contributed by atoms with Crippen LogP contribution in [0.2, 0.25) is 0 Å². The van der Waals surface area contributed by atoms with E-state index in [9.17, 15) is 23.2 Å². The molecular formula is C25H27F2N3O3. The number of piperidine rings is 1. The first-order valence-corrected chi connectivity index (χ1v) is 11.3. The summed E-state index contributed by atoms with van der Waals surface area (Å²) in [6.07, 6.45) is 3.08. The number of benzene rings is 2. The molecule has 4 amide bonds. The summed E-state index contributed by atoms with van der Waals surface area (Å²) in [4.78, 5) is 39.2. The molecule has 33 heavy (non-hydrogen) atoms. The predicted octanol–water partition coefficient (Wildman–Crippen LogP) is 3.35. The Labute approximate surface area is 191 Å². The molecule has 174 valence electrons. The number of imide groups is 1. The van der Waals surface area contributed by atoms with Crippen LogP contribution in [-0.4, -0.2) is 41.4 Å². The number of nitrogens with one attached hydrogen (secondary N) is 2. The van der Waals surface area contributed by atoms with Crippen molar-refractivity contribution in [1.82, 2.24) is 15.5 Å². The van der Waals surface area contributed by atoms with Crippen molar-refractivity contribution in [1.29, 1.82) is 0 Å². The number of hydrogen-bond donors (Lipinski definition) is 2. The molecule has 2 aromatic rings. The zero-order valence-electron chi connectivity index (χ0n) is 18.3. The van der Waals surface area contributed by atoms with Gasteiger partial charge in [-0.15, -0.1) is 0 Å². The highest BCUT2D eigenvalue weighted by atomic mass is 19.1. The topological polar surface area (TPSA) is 78.5 Å². The third-order valence-corrected chi connectivity index (χ3v) is 6.67. The second-order valence-electron chi connectivity index (χ2n) is 8.83. The lowest BCUT2D eigenvalue weighted by atomic mass is 9.74. The Morgan fingerprint density at radius 2 is 1.67 bits per heavy atom. The Kier molecular flexibility index (Phi) is 6.72. The van der Waals surface area contributed by atoms with E-state index in [0.717, 1.165) is 31.0 Å². The van der Waals surface area contributed by atoms with Crippen LogP contribution in [0.15, 0.2) is 48.5 Å². The molecule has 2 heterocycles. The fraction of sp³-hybridized carbons (Fsp3) is 0.400. The van der Waals surface area contributed by atoms with Crippen molar-refractivity contribution in [2.24, 2.45) is 5.92 Å². The smallest absolute Gasteiger partial charge is 0.322 e. The van der Waals surface area contributed by atoms with Gasteiger partial charge in [0.1, 0.15) is 17.2 Å². The number of carbonyl (C=O) groups is 3. The minimum atomic E-state index is -0.979. The quantitative estimate of drug-likeness (QED) is 0.629. The van der Waals surface area contributed by atoms with Gasteiger partial charge in [0.15, 0.2) is 0 Å². The second-order valence-corrected chi connectivity index (χ2v) is 8.83. The summed E-state index contributed by atoms with van der Waals surface area (Å²) in [7, 11) is 0. The number of amides is 4. The molecule has 2 fully saturated rings. The van der Waals surface area contributed by atoms with Crippen LogP contribution in [0, 0.1) is 17.6 Å². The number of carbonyl (C=O) groups excluding carboxylic acids is 3. The van der Waals surface area contributed by atoms with Crippen LogP contribution in [0.25, 0.3) is 0 Å². The van der Waals surface area contributed by atoms with Gasteiger partial charge in [-0.3, -0.25) is 14.9 Å². The third kappa shape index (κ3) is 5.21. The fourth-order valence-corrected chi connectivity index (χ4v) is 5.01. The van der Waals surface area contributed by atoms with Crippen molar-refractivity contribution in [2.45, 2.75) is 44.1 Å². The molecule has 6 nitrogen and oxygen atoms in total. The minimum absolute atomic E-state index is 0.0845. The van der Waals surface area contributed by atoms with Crippen LogP contribution >= 0.6 is 0 Å². The molecule has 2 N–H and O–H groups in total. The molecule has 1 atom stereocenters. The number of halogens is 2. The zero-order valence-corrected chi connectivity index (χ0v) is 18.3. The molecule has 0 radical (unpaired) electrons. The standard InChI is InChI=1S/C25H27F2N3O3/c26-20-13-18(14-21(27)16-20)15-22(31)30-11-8-19(9-12-30)25(23(32)28-24(33)29-25)10-4-7-17-5-2-1-3-6-17/h1-3,5-6,13-14,16,19H,4,7-12,15H2,(H2,28,29,32,33)/t25-/m1/s1. The van der Waals surface area contributed by atoms with Gasteiger partial charge in [0, 0.05) is 19.2 Å². The Bertz CT molecular complexity index is 1020. The van der Waals surface area contributed by atoms with Crippen molar-refractivity contribution in [2.75, 3.05) is 13.1 Å². The Morgan fingerprint density at radius 1 is 1.00 bits per heavy atom. The predicted molar refractivity (Wildman–Crippen MR) is 118 cm³/mol. The summed E-state index contributed by atoms with van der Waals surface area (Å²) in [6, 6.07) is 12.6. The Morgan fingerprint density at radius 3 is 2.27 bits per heavy atom. The van der Waals surface area contributed by atoms with Crippen LogP contribution in [-0.2, 0) is 22.4 Å². The van der Waals surface area contributed by atoms with Crippen molar-refractivity contribution in [3.8, 4) is 0 Å². The van der Waals surface area contributed by atoms with Gasteiger partial charge in [-0.1, -0.05) is 30.3 Å². The maximum Gasteiger partial charge on any atom is 0.322 e. The highest BCUT2D eigenvalue weighted by molar-refractivity contribution is 6.07. The van der Waals surface area contributed by atoms with E-state index in [4.69, 9.17) is 0 Å². The molecule has 0 bridgehead atoms. The highest BCUT2D eigenvalue weighted by Gasteiger charge is 2.51. The molecular weight excluding hydrogens is 428 g/mol. The van der Waals surface area contributed by atoms with Crippen LogP contribution < -0.4 is 10.6 Å². The van der Waals surface area contributed by atoms with Crippen LogP contribution in [0.5, 0.6) is 0 Å². The van der Waals surface area contributed by atoms with E-state index < -0.39 is 23.2 Å². The molecule has 0 aliphatic carbocycles. The first-order valence-electron chi connectivity index (χ1n) is 11.3. The number of aryl methyl sites for hydroxylation is 1. The molecule has 2 aliphatic rings. The van der Waals surface area contributed by atoms with Crippen molar-refractivity contribution >= 4 is 17.8 Å². The van der Waals surface area contributed by atoms with Gasteiger partial charge in [0.2, 0.25) is 5.91 Å². The van der Waals surface area contributed by atoms with Crippen LogP contribution in [0.3, 0.4) is 0 Å². The van der Waals surface area contributed by atoms with Crippen LogP contribution in [0.1, 0.15) is 36.8 Å². The summed E-state index contributed by atoms with van der Waals surface area (Å²) in [6.45, 7) is 0.843. The van der Waals surface area contributed by atoms with Crippen molar-refractivity contribution in [3.05, 3.63) is 71.3 Å². The van der Waals surface area contributed by atoms with Gasteiger partial charge >= 0.3 is 6.03 Å². The van der Waals surface area contributed by atoms with Crippen molar-refractivity contribution in [3.63, 3.8) is 0 Å². The normalized spacial score (nSPS) is 21.1. The SMILES string of the molecule is O=C1NC(=O)[C@@](CCCc2ccccc2)(C2CCN(C(=O)Cc3cc(F)cc(F)c3)CC2)N1. The summed E-state index contributed by atoms with van der Waals surface area (Å²) < 4.78 is 26.9. The number of hydrogen-bond acceptors (Lipinski definition) is 3. The monoisotopic (exact) mass is 455 g/mol. The van der Waals surface area contributed by atoms with E-state index >= 15 is 0 Å². The Balaban J connectivity index is 1.38. The molecule has 2 aliphatic heterocycles. The lowest BCUT2D eigenvalue weighted by Crippen LogP contribution is -2.56. The molecule has 0 saturated carbocycles. The fourth-order valence-electron chi connectivity index (χ4n) is 5.01.